The van der Waals surface area contributed by atoms with Crippen molar-refractivity contribution in [3.8, 4) is 0 Å². The molecule has 3 aromatic rings. The number of benzene rings is 1. The van der Waals surface area contributed by atoms with E-state index in [1.54, 1.807) is 6.20 Å². The van der Waals surface area contributed by atoms with Gasteiger partial charge in [0.05, 0.1) is 12.9 Å². The first kappa shape index (κ1) is 42.5. The van der Waals surface area contributed by atoms with Crippen LogP contribution in [0.2, 0.25) is 0 Å². The number of rotatable bonds is 14. The van der Waals surface area contributed by atoms with Gasteiger partial charge in [0.25, 0.3) is 0 Å². The number of nitrogens with one attached hydrogen (secondary N) is 8. The first-order chi connectivity index (χ1) is 26.4. The van der Waals surface area contributed by atoms with Crippen molar-refractivity contribution in [1.29, 1.82) is 0 Å². The normalized spacial score (nSPS) is 23.6. The molecule has 2 aromatic heterocycles. The molecule has 4 rings (SSSR count). The summed E-state index contributed by atoms with van der Waals surface area (Å²) < 4.78 is 0. The molecule has 0 spiro atoms. The van der Waals surface area contributed by atoms with Gasteiger partial charge in [0.1, 0.15) is 36.3 Å². The molecular formula is C38H56N10O7. The minimum Gasteiger partial charge on any atom is -0.394 e. The lowest BCUT2D eigenvalue weighted by Gasteiger charge is -2.29. The van der Waals surface area contributed by atoms with Crippen LogP contribution in [0.15, 0.2) is 43.0 Å². The van der Waals surface area contributed by atoms with Crippen molar-refractivity contribution in [3.05, 3.63) is 54.2 Å². The number of nitrogens with two attached hydrogens (primary N) is 1. The van der Waals surface area contributed by atoms with Crippen molar-refractivity contribution >= 4 is 46.3 Å². The number of unbranched alkanes of at least 4 members (excludes halogenated alkanes) is 2. The molecule has 300 valence electrons. The minimum atomic E-state index is -1.51. The average Bonchev–Trinajstić information content (AvgIpc) is 3.83. The largest absolute Gasteiger partial charge is 0.394 e. The van der Waals surface area contributed by atoms with Crippen molar-refractivity contribution in [1.82, 2.24) is 46.9 Å². The fourth-order valence-electron chi connectivity index (χ4n) is 6.52. The van der Waals surface area contributed by atoms with E-state index in [-0.39, 0.29) is 38.0 Å². The summed E-state index contributed by atoms with van der Waals surface area (Å²) in [6, 6.07) is 0.176. The van der Waals surface area contributed by atoms with E-state index in [1.807, 2.05) is 45.0 Å². The fourth-order valence-corrected chi connectivity index (χ4v) is 6.52. The Labute approximate surface area is 320 Å². The molecule has 6 amide bonds. The molecule has 1 fully saturated rings. The molecule has 1 aliphatic rings. The number of H-pyrrole nitrogens is 2. The highest BCUT2D eigenvalue weighted by Gasteiger charge is 2.35. The quantitative estimate of drug-likeness (QED) is 0.0986. The lowest BCUT2D eigenvalue weighted by Crippen LogP contribution is -2.62. The fraction of sp³-hybridized carbons (Fsp3) is 0.553. The summed E-state index contributed by atoms with van der Waals surface area (Å²) in [6.45, 7) is 5.24. The van der Waals surface area contributed by atoms with E-state index < -0.39 is 78.3 Å². The monoisotopic (exact) mass is 764 g/mol. The number of para-hydroxylation sites is 1. The van der Waals surface area contributed by atoms with Crippen molar-refractivity contribution in [3.63, 3.8) is 0 Å². The van der Waals surface area contributed by atoms with Gasteiger partial charge >= 0.3 is 0 Å². The number of fused-ring (bicyclic) bond motifs is 1. The molecule has 17 nitrogen and oxygen atoms in total. The molecule has 1 saturated heterocycles. The number of aliphatic hydroxyl groups excluding tert-OH is 1. The summed E-state index contributed by atoms with van der Waals surface area (Å²) in [6.07, 6.45) is 7.52. The van der Waals surface area contributed by atoms with E-state index in [0.717, 1.165) is 16.5 Å². The van der Waals surface area contributed by atoms with Gasteiger partial charge in [-0.05, 0) is 56.2 Å². The van der Waals surface area contributed by atoms with Crippen LogP contribution in [0, 0.1) is 5.92 Å². The summed E-state index contributed by atoms with van der Waals surface area (Å²) in [5.41, 5.74) is 7.71. The predicted molar refractivity (Wildman–Crippen MR) is 205 cm³/mol. The zero-order valence-corrected chi connectivity index (χ0v) is 31.8. The Balaban J connectivity index is 1.76. The number of nitrogens with zero attached hydrogens (tertiary/aromatic N) is 1. The maximum atomic E-state index is 14.3. The van der Waals surface area contributed by atoms with E-state index >= 15 is 0 Å². The molecule has 1 aliphatic heterocycles. The number of amides is 6. The number of hydrogen-bond acceptors (Lipinski definition) is 9. The zero-order valence-electron chi connectivity index (χ0n) is 31.8. The van der Waals surface area contributed by atoms with Gasteiger partial charge in [0.15, 0.2) is 0 Å². The van der Waals surface area contributed by atoms with E-state index in [2.05, 4.69) is 46.9 Å². The highest BCUT2D eigenvalue weighted by Crippen LogP contribution is 2.20. The first-order valence-electron chi connectivity index (χ1n) is 19.1. The smallest absolute Gasteiger partial charge is 0.245 e. The topological polar surface area (TPSA) is 265 Å². The second kappa shape index (κ2) is 21.0. The summed E-state index contributed by atoms with van der Waals surface area (Å²) in [7, 11) is 0. The van der Waals surface area contributed by atoms with Crippen LogP contribution in [0.3, 0.4) is 0 Å². The van der Waals surface area contributed by atoms with E-state index in [4.69, 9.17) is 5.73 Å². The Morgan fingerprint density at radius 2 is 1.24 bits per heavy atom. The van der Waals surface area contributed by atoms with Gasteiger partial charge in [-0.25, -0.2) is 4.98 Å². The van der Waals surface area contributed by atoms with E-state index in [0.29, 0.717) is 37.9 Å². The number of carbonyl (C=O) groups excluding carboxylic acids is 6. The third-order valence-corrected chi connectivity index (χ3v) is 9.56. The highest BCUT2D eigenvalue weighted by atomic mass is 16.3. The van der Waals surface area contributed by atoms with Crippen molar-refractivity contribution in [2.75, 3.05) is 13.2 Å². The maximum Gasteiger partial charge on any atom is 0.245 e. The van der Waals surface area contributed by atoms with Gasteiger partial charge in [-0.3, -0.25) is 28.8 Å². The molecule has 0 radical (unpaired) electrons. The molecule has 3 heterocycles. The number of aromatic nitrogens is 3. The minimum absolute atomic E-state index is 0.0215. The van der Waals surface area contributed by atoms with Crippen LogP contribution in [-0.2, 0) is 41.6 Å². The van der Waals surface area contributed by atoms with Crippen LogP contribution in [-0.4, -0.2) is 105 Å². The van der Waals surface area contributed by atoms with Crippen molar-refractivity contribution in [2.45, 2.75) is 115 Å². The molecule has 11 N–H and O–H groups in total. The number of imidazole rings is 1. The first-order valence-corrected chi connectivity index (χ1v) is 19.1. The second-order valence-electron chi connectivity index (χ2n) is 14.5. The molecule has 1 aromatic carbocycles. The highest BCUT2D eigenvalue weighted by molar-refractivity contribution is 5.98. The van der Waals surface area contributed by atoms with Crippen LogP contribution >= 0.6 is 0 Å². The third kappa shape index (κ3) is 12.4. The van der Waals surface area contributed by atoms with Gasteiger partial charge < -0.3 is 52.7 Å². The standard InChI is InChI=1S/C38H56N10O7/c1-4-5-11-27-33(50)46-30(16-23-18-41-26-12-7-6-10-25(23)26)36(53)47-31(17-24-19-40-21-42-24)37(54)48-32(20-49)38(55)44-28(13-8-9-14-39)34(51)45-29(15-22(2)3)35(52)43-27/h6-7,10,12,18-19,21-22,27-32,41,49H,4-5,8-9,11,13-17,20,39H2,1-3H3,(H,40,42)(H,43,52)(H,44,55)(H,45,51)(H,46,50)(H,47,53)(H,48,54)/t27-,28-,29-,30-,31-,32-/m0/s1. The predicted octanol–water partition coefficient (Wildman–Crippen LogP) is -0.0438. The Hall–Kier alpha value is -5.29. The summed E-state index contributed by atoms with van der Waals surface area (Å²) in [4.78, 5) is 93.7. The Kier molecular flexibility index (Phi) is 16.2. The Morgan fingerprint density at radius 3 is 1.84 bits per heavy atom. The van der Waals surface area contributed by atoms with Gasteiger partial charge in [0, 0.05) is 41.8 Å². The molecule has 0 bridgehead atoms. The number of carbonyl (C=O) groups is 6. The third-order valence-electron chi connectivity index (χ3n) is 9.56. The Morgan fingerprint density at radius 1 is 0.691 bits per heavy atom. The summed E-state index contributed by atoms with van der Waals surface area (Å²) in [5, 5.41) is 27.4. The van der Waals surface area contributed by atoms with Gasteiger partial charge in [-0.15, -0.1) is 0 Å². The zero-order chi connectivity index (χ0) is 39.9. The number of aromatic amines is 2. The van der Waals surface area contributed by atoms with Crippen LogP contribution in [0.1, 0.15) is 77.0 Å². The molecule has 0 aliphatic carbocycles. The number of hydrogen-bond donors (Lipinski definition) is 10. The SMILES string of the molecule is CCCC[C@@H]1NC(=O)[C@H](CC(C)C)NC(=O)[C@H](CCCCN)NC(=O)[C@H](CO)NC(=O)[C@H](Cc2cnc[nH]2)NC(=O)[C@H](Cc2c[nH]c3ccccc23)NC1=O. The van der Waals surface area contributed by atoms with Gasteiger partial charge in [-0.1, -0.05) is 51.8 Å². The van der Waals surface area contributed by atoms with Crippen molar-refractivity contribution in [2.24, 2.45) is 11.7 Å². The van der Waals surface area contributed by atoms with Gasteiger partial charge in [0.2, 0.25) is 35.4 Å². The molecule has 55 heavy (non-hydrogen) atoms. The molecular weight excluding hydrogens is 708 g/mol. The lowest BCUT2D eigenvalue weighted by molar-refractivity contribution is -0.137. The number of aliphatic hydroxyl groups is 1. The molecule has 6 atom stereocenters. The van der Waals surface area contributed by atoms with Crippen molar-refractivity contribution < 1.29 is 33.9 Å². The average molecular weight is 765 g/mol. The summed E-state index contributed by atoms with van der Waals surface area (Å²) in [5.74, 6) is -4.24. The summed E-state index contributed by atoms with van der Waals surface area (Å²) >= 11 is 0. The van der Waals surface area contributed by atoms with Crippen LogP contribution < -0.4 is 37.6 Å². The Bertz CT molecular complexity index is 1740. The van der Waals surface area contributed by atoms with E-state index in [9.17, 15) is 33.9 Å². The molecule has 17 heteroatoms. The van der Waals surface area contributed by atoms with Crippen LogP contribution in [0.5, 0.6) is 0 Å². The van der Waals surface area contributed by atoms with E-state index in [1.165, 1.54) is 12.5 Å². The van der Waals surface area contributed by atoms with Crippen LogP contribution in [0.4, 0.5) is 0 Å². The maximum absolute atomic E-state index is 14.3. The lowest BCUT2D eigenvalue weighted by atomic mass is 10.00. The second-order valence-corrected chi connectivity index (χ2v) is 14.5. The molecule has 0 unspecified atom stereocenters. The van der Waals surface area contributed by atoms with Gasteiger partial charge in [-0.2, -0.15) is 0 Å². The van der Waals surface area contributed by atoms with Crippen LogP contribution in [0.25, 0.3) is 10.9 Å². The molecule has 0 saturated carbocycles.